The lowest BCUT2D eigenvalue weighted by atomic mass is 9.61. The minimum atomic E-state index is -0.0143. The van der Waals surface area contributed by atoms with E-state index in [1.54, 1.807) is 0 Å². The Morgan fingerprint density at radius 2 is 0.909 bits per heavy atom. The number of benzene rings is 10. The van der Waals surface area contributed by atoms with E-state index in [4.69, 9.17) is 49.4 Å². The Balaban J connectivity index is 0.000000131. The number of anilines is 8. The third-order valence-electron chi connectivity index (χ3n) is 19.8. The van der Waals surface area contributed by atoms with E-state index in [0.717, 1.165) is 81.9 Å². The zero-order valence-corrected chi connectivity index (χ0v) is 54.5. The number of halogens is 4. The molecule has 0 amide bonds. The topological polar surface area (TPSA) is 62.0 Å². The number of para-hydroxylation sites is 6. The molecule has 2 saturated carbocycles. The normalized spacial score (nSPS) is 20.7. The molecule has 2 aliphatic carbocycles. The van der Waals surface area contributed by atoms with Crippen LogP contribution in [-0.2, 0) is 10.8 Å². The van der Waals surface area contributed by atoms with Crippen LogP contribution in [-0.4, -0.2) is 11.1 Å². The average Bonchev–Trinajstić information content (AvgIpc) is 1.55. The number of nitrogens with zero attached hydrogens (tertiary/aromatic N) is 3. The average molecular weight is 1280 g/mol. The first-order chi connectivity index (χ1) is 42.5. The Kier molecular flexibility index (Phi) is 16.0. The van der Waals surface area contributed by atoms with Crippen LogP contribution in [0.4, 0.5) is 45.5 Å². The third kappa shape index (κ3) is 10.4. The van der Waals surface area contributed by atoms with Crippen molar-refractivity contribution in [2.75, 3.05) is 20.4 Å². The first kappa shape index (κ1) is 59.3. The Hall–Kier alpha value is -7.65. The van der Waals surface area contributed by atoms with Crippen LogP contribution >= 0.6 is 50.7 Å². The van der Waals surface area contributed by atoms with E-state index >= 15 is 0 Å². The van der Waals surface area contributed by atoms with Gasteiger partial charge in [0.25, 0.3) is 0 Å². The van der Waals surface area contributed by atoms with Gasteiger partial charge >= 0.3 is 0 Å². The van der Waals surface area contributed by atoms with Gasteiger partial charge in [-0.25, -0.2) is 0 Å². The molecule has 6 nitrogen and oxygen atoms in total. The number of aryl methyl sites for hydroxylation is 2. The van der Waals surface area contributed by atoms with E-state index in [-0.39, 0.29) is 21.9 Å². The summed E-state index contributed by atoms with van der Waals surface area (Å²) in [6, 6.07) is 75.5. The maximum atomic E-state index is 6.62. The minimum absolute atomic E-state index is 0.0143. The molecule has 4 unspecified atom stereocenters. The molecule has 0 saturated heterocycles. The monoisotopic (exact) mass is 1280 g/mol. The van der Waals surface area contributed by atoms with Crippen LogP contribution < -0.4 is 20.4 Å². The Morgan fingerprint density at radius 3 is 1.48 bits per heavy atom. The number of rotatable bonds is 5. The van der Waals surface area contributed by atoms with E-state index in [2.05, 4.69) is 187 Å². The molecule has 12 aromatic rings. The molecule has 10 aromatic carbocycles. The Labute approximate surface area is 540 Å². The summed E-state index contributed by atoms with van der Waals surface area (Å²) in [5.41, 5.74) is 24.0. The number of nitrogen functional groups attached to an aromatic ring is 1. The Bertz CT molecular complexity index is 4560. The number of nitrogens with two attached hydrogens (primary N) is 1. The fraction of sp³-hybridized carbons (Fsp3) is 0.231. The predicted octanol–water partition coefficient (Wildman–Crippen LogP) is 24.4. The number of fused-ring (bicyclic) bond motifs is 12. The Morgan fingerprint density at radius 1 is 0.432 bits per heavy atom. The molecular formula is C78H72BrCl3N4O2. The summed E-state index contributed by atoms with van der Waals surface area (Å²) >= 11 is 21.9. The van der Waals surface area contributed by atoms with Gasteiger partial charge in [-0.3, -0.25) is 0 Å². The first-order valence-electron chi connectivity index (χ1n) is 30.7. The lowest BCUT2D eigenvalue weighted by Gasteiger charge is -2.50. The maximum absolute atomic E-state index is 6.62. The van der Waals surface area contributed by atoms with Crippen LogP contribution in [0.1, 0.15) is 101 Å². The molecule has 2 N–H and O–H groups in total. The third-order valence-corrected chi connectivity index (χ3v) is 21.0. The second-order valence-electron chi connectivity index (χ2n) is 25.2. The van der Waals surface area contributed by atoms with Gasteiger partial charge in [0.2, 0.25) is 0 Å². The predicted molar refractivity (Wildman–Crippen MR) is 377 cm³/mol. The SMILES string of the molecule is Cc1cc(Cl)cc(N2c3ccccc3C3(C)CCCCC23C)c1.Cc1cc(N(c2cccc(Cl)c2)c2cccc3c2oc2ccccc23)cc(N2c3ccccc3C3(C)CCCCC23C)c1.Clc1cccc(Br)c1.Nc1cccc2c1oc1ccccc12. The number of hydrogen-bond donors (Lipinski definition) is 1. The van der Waals surface area contributed by atoms with Gasteiger partial charge in [0.15, 0.2) is 11.2 Å². The largest absolute Gasteiger partial charge is 0.454 e. The van der Waals surface area contributed by atoms with Gasteiger partial charge in [-0.1, -0.05) is 199 Å². The molecule has 0 bridgehead atoms. The molecule has 444 valence electrons. The van der Waals surface area contributed by atoms with Gasteiger partial charge in [-0.05, 0) is 185 Å². The molecule has 10 heteroatoms. The maximum Gasteiger partial charge on any atom is 0.159 e. The fourth-order valence-electron chi connectivity index (χ4n) is 15.2. The zero-order valence-electron chi connectivity index (χ0n) is 50.7. The molecule has 4 heterocycles. The van der Waals surface area contributed by atoms with Gasteiger partial charge in [0.1, 0.15) is 11.2 Å². The smallest absolute Gasteiger partial charge is 0.159 e. The minimum Gasteiger partial charge on any atom is -0.454 e. The molecule has 2 aliphatic heterocycles. The van der Waals surface area contributed by atoms with Crippen molar-refractivity contribution in [1.29, 1.82) is 0 Å². The summed E-state index contributed by atoms with van der Waals surface area (Å²) in [7, 11) is 0. The summed E-state index contributed by atoms with van der Waals surface area (Å²) in [6.07, 6.45) is 10.0. The van der Waals surface area contributed by atoms with Crippen molar-refractivity contribution in [2.24, 2.45) is 0 Å². The van der Waals surface area contributed by atoms with E-state index < -0.39 is 0 Å². The van der Waals surface area contributed by atoms with Gasteiger partial charge in [-0.2, -0.15) is 0 Å². The zero-order chi connectivity index (χ0) is 61.1. The van der Waals surface area contributed by atoms with Crippen molar-refractivity contribution in [2.45, 2.75) is 115 Å². The lowest BCUT2D eigenvalue weighted by Crippen LogP contribution is -2.54. The van der Waals surface area contributed by atoms with Gasteiger partial charge in [-0.15, -0.1) is 0 Å². The second kappa shape index (κ2) is 23.7. The van der Waals surface area contributed by atoms with E-state index in [1.807, 2.05) is 103 Å². The van der Waals surface area contributed by atoms with E-state index in [0.29, 0.717) is 10.7 Å². The molecule has 0 radical (unpaired) electrons. The quantitative estimate of drug-likeness (QED) is 0.173. The highest BCUT2D eigenvalue weighted by Crippen LogP contribution is 2.63. The van der Waals surface area contributed by atoms with E-state index in [9.17, 15) is 0 Å². The van der Waals surface area contributed by atoms with Crippen LogP contribution in [0.25, 0.3) is 43.9 Å². The number of hydrogen-bond acceptors (Lipinski definition) is 6. The molecule has 4 aliphatic rings. The van der Waals surface area contributed by atoms with Crippen molar-refractivity contribution >= 4 is 140 Å². The van der Waals surface area contributed by atoms with Crippen molar-refractivity contribution in [3.8, 4) is 0 Å². The molecule has 2 fully saturated rings. The fourth-order valence-corrected chi connectivity index (χ4v) is 16.4. The van der Waals surface area contributed by atoms with Gasteiger partial charge in [0.05, 0.1) is 22.5 Å². The van der Waals surface area contributed by atoms with Crippen molar-refractivity contribution in [3.63, 3.8) is 0 Å². The highest BCUT2D eigenvalue weighted by atomic mass is 79.9. The van der Waals surface area contributed by atoms with Crippen LogP contribution in [0.15, 0.2) is 232 Å². The standard InChI is InChI=1S/C39H35ClN2O.C21H24ClN.C12H9NO.C6H4BrCl/c1-26-22-29(25-30(23-26)42-34-17-6-5-16-33(34)38(2)20-8-9-21-39(38,42)3)41(28-13-10-12-27(40)24-28)35-18-11-15-32-31-14-4-7-19-36(31)43-37(32)35;1-15-12-16(22)14-17(13-15)23-19-9-5-4-8-18(19)20(2)10-6-7-11-21(20,23)3;13-10-6-3-5-9-8-4-1-2-7-11(8)14-12(9)10;7-5-2-1-3-6(8)4-5/h4-7,10-19,22-25H,8-9,20-21H2,1-3H3;4-5,8-9,12-14H,6-7,10-11H2,1-3H3;1-7H,13H2;1-4H. The highest BCUT2D eigenvalue weighted by molar-refractivity contribution is 9.10. The molecule has 16 rings (SSSR count). The summed E-state index contributed by atoms with van der Waals surface area (Å²) < 4.78 is 13.2. The summed E-state index contributed by atoms with van der Waals surface area (Å²) in [4.78, 5) is 7.52. The summed E-state index contributed by atoms with van der Waals surface area (Å²) in [5.74, 6) is 0. The van der Waals surface area contributed by atoms with Crippen LogP contribution in [0, 0.1) is 13.8 Å². The van der Waals surface area contributed by atoms with Crippen molar-refractivity contribution in [1.82, 2.24) is 0 Å². The first-order valence-corrected chi connectivity index (χ1v) is 32.6. The number of furan rings is 2. The second-order valence-corrected chi connectivity index (χ2v) is 27.4. The van der Waals surface area contributed by atoms with E-state index in [1.165, 1.54) is 89.9 Å². The van der Waals surface area contributed by atoms with Crippen molar-refractivity contribution in [3.05, 3.63) is 260 Å². The van der Waals surface area contributed by atoms with Crippen molar-refractivity contribution < 1.29 is 8.83 Å². The molecule has 2 aromatic heterocycles. The highest BCUT2D eigenvalue weighted by Gasteiger charge is 2.59. The van der Waals surface area contributed by atoms with Crippen LogP contribution in [0.3, 0.4) is 0 Å². The van der Waals surface area contributed by atoms with Crippen LogP contribution in [0.5, 0.6) is 0 Å². The molecular weight excluding hydrogens is 1210 g/mol. The van der Waals surface area contributed by atoms with Gasteiger partial charge in [0, 0.05) is 86.0 Å². The molecule has 4 atom stereocenters. The van der Waals surface area contributed by atoms with Crippen LogP contribution in [0.2, 0.25) is 15.1 Å². The summed E-state index contributed by atoms with van der Waals surface area (Å²) in [5, 5.41) is 6.71. The summed E-state index contributed by atoms with van der Waals surface area (Å²) in [6.45, 7) is 14.2. The molecule has 0 spiro atoms. The van der Waals surface area contributed by atoms with Gasteiger partial charge < -0.3 is 29.3 Å². The molecule has 88 heavy (non-hydrogen) atoms. The lowest BCUT2D eigenvalue weighted by molar-refractivity contribution is 0.195.